The Balaban J connectivity index is 0. The van der Waals surface area contributed by atoms with E-state index in [1.807, 2.05) is 0 Å². The van der Waals surface area contributed by atoms with Gasteiger partial charge in [-0.25, -0.2) is 19.2 Å². The third-order valence-electron chi connectivity index (χ3n) is 2.09. The number of rotatable bonds is 4. The molecule has 0 saturated heterocycles. The summed E-state index contributed by atoms with van der Waals surface area (Å²) < 4.78 is 0. The van der Waals surface area contributed by atoms with Gasteiger partial charge in [-0.05, 0) is 19.1 Å². The molecular weight excluding hydrogens is 302 g/mol. The highest BCUT2D eigenvalue weighted by atomic mass is 16.4. The number of aliphatic hydroxyl groups is 1. The van der Waals surface area contributed by atoms with Gasteiger partial charge in [-0.1, -0.05) is 0 Å². The van der Waals surface area contributed by atoms with Crippen LogP contribution in [0.25, 0.3) is 0 Å². The van der Waals surface area contributed by atoms with Crippen LogP contribution >= 0.6 is 0 Å². The third kappa shape index (κ3) is 4.85. The molecule has 0 radical (unpaired) electrons. The molecule has 0 spiro atoms. The Hall–Kier alpha value is -2.98. The topological polar surface area (TPSA) is 204 Å². The maximum Gasteiger partial charge on any atom is 0.337 e. The molecule has 0 aliphatic rings. The molecule has 8 N–H and O–H groups in total. The summed E-state index contributed by atoms with van der Waals surface area (Å²) in [5.41, 5.74) is -3.69. The molecule has 22 heavy (non-hydrogen) atoms. The quantitative estimate of drug-likeness (QED) is 0.456. The third-order valence-corrected chi connectivity index (χ3v) is 2.09. The van der Waals surface area contributed by atoms with E-state index >= 15 is 0 Å². The fourth-order valence-electron chi connectivity index (χ4n) is 1.40. The van der Waals surface area contributed by atoms with Gasteiger partial charge in [-0.15, -0.1) is 0 Å². The van der Waals surface area contributed by atoms with Crippen molar-refractivity contribution in [2.24, 2.45) is 0 Å². The summed E-state index contributed by atoms with van der Waals surface area (Å²) in [6, 6.07) is 1.48. The first kappa shape index (κ1) is 21.3. The molecule has 0 fully saturated rings. The van der Waals surface area contributed by atoms with Crippen LogP contribution in [0, 0.1) is 0 Å². The Morgan fingerprint density at radius 2 is 1.00 bits per heavy atom. The zero-order valence-electron chi connectivity index (χ0n) is 11.4. The van der Waals surface area contributed by atoms with Crippen LogP contribution in [-0.4, -0.2) is 56.0 Å². The highest BCUT2D eigenvalue weighted by Crippen LogP contribution is 2.20. The van der Waals surface area contributed by atoms with E-state index in [1.54, 1.807) is 6.92 Å². The number of benzene rings is 1. The lowest BCUT2D eigenvalue weighted by molar-refractivity contribution is 0.0619. The minimum Gasteiger partial charge on any atom is -0.478 e. The van der Waals surface area contributed by atoms with Crippen LogP contribution in [0.2, 0.25) is 0 Å². The number of hydrogen-bond acceptors (Lipinski definition) is 6. The fraction of sp³-hybridized carbons (Fsp3) is 0.167. The molecule has 0 atom stereocenters. The number of carboxylic acids is 4. The van der Waals surface area contributed by atoms with Gasteiger partial charge in [-0.2, -0.15) is 0 Å². The molecule has 0 heterocycles. The predicted octanol–water partition coefficient (Wildman–Crippen LogP) is 0.640. The van der Waals surface area contributed by atoms with Gasteiger partial charge in [0.1, 0.15) is 0 Å². The maximum atomic E-state index is 10.9. The minimum absolute atomic E-state index is 0. The Labute approximate surface area is 123 Å². The van der Waals surface area contributed by atoms with Crippen LogP contribution in [0.5, 0.6) is 0 Å². The Morgan fingerprint density at radius 1 is 0.773 bits per heavy atom. The van der Waals surface area contributed by atoms with E-state index in [0.29, 0.717) is 0 Å². The van der Waals surface area contributed by atoms with Gasteiger partial charge >= 0.3 is 23.9 Å². The number of aliphatic hydroxyl groups excluding tert-OH is 1. The monoisotopic (exact) mass is 317 g/mol. The van der Waals surface area contributed by atoms with Gasteiger partial charge < -0.3 is 31.7 Å². The lowest BCUT2D eigenvalue weighted by Crippen LogP contribution is -2.19. The van der Waals surface area contributed by atoms with Crippen LogP contribution < -0.4 is 6.15 Å². The molecule has 122 valence electrons. The van der Waals surface area contributed by atoms with Gasteiger partial charge in [0.2, 0.25) is 0 Å². The molecule has 0 aromatic heterocycles. The first-order valence-corrected chi connectivity index (χ1v) is 5.39. The molecule has 10 nitrogen and oxygen atoms in total. The molecule has 0 amide bonds. The van der Waals surface area contributed by atoms with Crippen molar-refractivity contribution in [2.75, 3.05) is 6.61 Å². The first-order chi connectivity index (χ1) is 9.68. The van der Waals surface area contributed by atoms with Crippen LogP contribution in [0.15, 0.2) is 12.1 Å². The van der Waals surface area contributed by atoms with E-state index in [0.717, 1.165) is 12.1 Å². The van der Waals surface area contributed by atoms with Crippen molar-refractivity contribution >= 4 is 23.9 Å². The summed E-state index contributed by atoms with van der Waals surface area (Å²) in [5.74, 6) is -6.97. The second-order valence-electron chi connectivity index (χ2n) is 3.45. The second-order valence-corrected chi connectivity index (χ2v) is 3.45. The van der Waals surface area contributed by atoms with E-state index in [-0.39, 0.29) is 12.8 Å². The average molecular weight is 317 g/mol. The van der Waals surface area contributed by atoms with Gasteiger partial charge in [0.25, 0.3) is 0 Å². The minimum atomic E-state index is -1.83. The molecule has 1 aromatic rings. The Kier molecular flexibility index (Phi) is 8.77. The van der Waals surface area contributed by atoms with E-state index in [1.165, 1.54) is 0 Å². The molecule has 0 aliphatic heterocycles. The molecule has 0 saturated carbocycles. The van der Waals surface area contributed by atoms with Crippen molar-refractivity contribution < 1.29 is 44.7 Å². The Bertz CT molecular complexity index is 544. The number of aromatic carboxylic acids is 4. The van der Waals surface area contributed by atoms with Crippen LogP contribution in [0.4, 0.5) is 0 Å². The molecule has 1 aromatic carbocycles. The van der Waals surface area contributed by atoms with Crippen molar-refractivity contribution in [3.05, 3.63) is 34.4 Å². The van der Waals surface area contributed by atoms with Crippen molar-refractivity contribution in [3.8, 4) is 0 Å². The Morgan fingerprint density at radius 3 is 1.14 bits per heavy atom. The molecule has 1 rings (SSSR count). The maximum absolute atomic E-state index is 10.9. The van der Waals surface area contributed by atoms with E-state index < -0.39 is 46.1 Å². The van der Waals surface area contributed by atoms with Crippen LogP contribution in [-0.2, 0) is 0 Å². The SMILES string of the molecule is CCO.N.O=C(O)c1ccc(C(=O)O)c(C(=O)O)c1C(=O)O. The fourth-order valence-corrected chi connectivity index (χ4v) is 1.40. The lowest BCUT2D eigenvalue weighted by atomic mass is 9.95. The first-order valence-electron chi connectivity index (χ1n) is 5.39. The molecule has 0 unspecified atom stereocenters. The molecule has 10 heteroatoms. The number of carbonyl (C=O) groups is 4. The zero-order valence-corrected chi connectivity index (χ0v) is 11.4. The average Bonchev–Trinajstić information content (AvgIpc) is 2.37. The number of carboxylic acid groups (broad SMARTS) is 4. The summed E-state index contributed by atoms with van der Waals surface area (Å²) in [4.78, 5) is 43.4. The van der Waals surface area contributed by atoms with Gasteiger partial charge in [0.15, 0.2) is 0 Å². The highest BCUT2D eigenvalue weighted by molar-refractivity contribution is 6.13. The normalized spacial score (nSPS) is 8.82. The summed E-state index contributed by atoms with van der Waals surface area (Å²) in [7, 11) is 0. The highest BCUT2D eigenvalue weighted by Gasteiger charge is 2.29. The van der Waals surface area contributed by atoms with Crippen molar-refractivity contribution in [1.82, 2.24) is 6.15 Å². The lowest BCUT2D eigenvalue weighted by Gasteiger charge is -2.08. The smallest absolute Gasteiger partial charge is 0.337 e. The van der Waals surface area contributed by atoms with E-state index in [4.69, 9.17) is 25.5 Å². The van der Waals surface area contributed by atoms with Gasteiger partial charge in [0, 0.05) is 6.61 Å². The van der Waals surface area contributed by atoms with Crippen molar-refractivity contribution in [1.29, 1.82) is 0 Å². The zero-order chi connectivity index (χ0) is 16.7. The molecule has 0 aliphatic carbocycles. The van der Waals surface area contributed by atoms with Crippen molar-refractivity contribution in [3.63, 3.8) is 0 Å². The summed E-state index contributed by atoms with van der Waals surface area (Å²) in [6.45, 7) is 1.93. The predicted molar refractivity (Wildman–Crippen MR) is 72.1 cm³/mol. The van der Waals surface area contributed by atoms with E-state index in [2.05, 4.69) is 0 Å². The largest absolute Gasteiger partial charge is 0.478 e. The van der Waals surface area contributed by atoms with Gasteiger partial charge in [-0.3, -0.25) is 0 Å². The summed E-state index contributed by atoms with van der Waals surface area (Å²) in [6.07, 6.45) is 0. The van der Waals surface area contributed by atoms with Crippen LogP contribution in [0.3, 0.4) is 0 Å². The molecule has 0 bridgehead atoms. The summed E-state index contributed by atoms with van der Waals surface area (Å²) in [5, 5.41) is 42.7. The van der Waals surface area contributed by atoms with Crippen molar-refractivity contribution in [2.45, 2.75) is 6.92 Å². The number of hydrogen-bond donors (Lipinski definition) is 6. The van der Waals surface area contributed by atoms with E-state index in [9.17, 15) is 19.2 Å². The van der Waals surface area contributed by atoms with Crippen LogP contribution in [0.1, 0.15) is 48.4 Å². The van der Waals surface area contributed by atoms with Gasteiger partial charge in [0.05, 0.1) is 22.3 Å². The second kappa shape index (κ2) is 9.05. The summed E-state index contributed by atoms with van der Waals surface area (Å²) >= 11 is 0. The molecular formula is C12H15NO9. The standard InChI is InChI=1S/C10H6O8.C2H6O.H3N/c11-7(12)3-1-2-4(8(13)14)6(10(17)18)5(3)9(15)16;1-2-3;/h1-2H,(H,11,12)(H,13,14)(H,15,16)(H,17,18);3H,2H2,1H3;1H3.